The van der Waals surface area contributed by atoms with Crippen LogP contribution in [-0.2, 0) is 21.4 Å². The van der Waals surface area contributed by atoms with Crippen LogP contribution in [0.25, 0.3) is 0 Å². The number of hydrogen-bond donors (Lipinski definition) is 1. The number of benzene rings is 2. The predicted octanol–water partition coefficient (Wildman–Crippen LogP) is 4.05. The number of halogens is 1. The minimum atomic E-state index is -3.69. The number of nitrogens with zero attached hydrogens (tertiary/aromatic N) is 2. The van der Waals surface area contributed by atoms with Crippen LogP contribution in [0.2, 0.25) is 5.02 Å². The summed E-state index contributed by atoms with van der Waals surface area (Å²) in [6.07, 6.45) is 1.42. The molecular formula is C22H30ClN3O3S. The number of carbonyl (C=O) groups is 1. The molecule has 0 radical (unpaired) electrons. The molecule has 0 heterocycles. The van der Waals surface area contributed by atoms with E-state index in [2.05, 4.69) is 24.1 Å². The summed E-state index contributed by atoms with van der Waals surface area (Å²) in [5.74, 6) is -0.351. The first kappa shape index (κ1) is 24.0. The van der Waals surface area contributed by atoms with Gasteiger partial charge in [0.1, 0.15) is 6.04 Å². The van der Waals surface area contributed by atoms with Crippen LogP contribution in [0.4, 0.5) is 11.4 Å². The number of amides is 1. The van der Waals surface area contributed by atoms with Crippen LogP contribution in [0.3, 0.4) is 0 Å². The summed E-state index contributed by atoms with van der Waals surface area (Å²) in [6.45, 7) is 8.17. The van der Waals surface area contributed by atoms with Crippen molar-refractivity contribution in [1.29, 1.82) is 0 Å². The topological polar surface area (TPSA) is 69.7 Å². The highest BCUT2D eigenvalue weighted by atomic mass is 35.5. The van der Waals surface area contributed by atoms with Crippen molar-refractivity contribution in [3.8, 4) is 0 Å². The fraction of sp³-hybridized carbons (Fsp3) is 0.409. The Morgan fingerprint density at radius 1 is 1.03 bits per heavy atom. The highest BCUT2D eigenvalue weighted by Crippen LogP contribution is 2.25. The zero-order valence-electron chi connectivity index (χ0n) is 17.9. The van der Waals surface area contributed by atoms with Gasteiger partial charge in [-0.15, -0.1) is 0 Å². The second-order valence-electron chi connectivity index (χ2n) is 7.02. The molecule has 0 aliphatic carbocycles. The number of hydrogen-bond acceptors (Lipinski definition) is 4. The summed E-state index contributed by atoms with van der Waals surface area (Å²) < 4.78 is 26.1. The zero-order valence-corrected chi connectivity index (χ0v) is 19.5. The molecule has 0 spiro atoms. The van der Waals surface area contributed by atoms with Gasteiger partial charge in [-0.25, -0.2) is 8.42 Å². The molecule has 1 amide bonds. The largest absolute Gasteiger partial charge is 0.372 e. The summed E-state index contributed by atoms with van der Waals surface area (Å²) in [5.41, 5.74) is 2.45. The van der Waals surface area contributed by atoms with Gasteiger partial charge in [-0.2, -0.15) is 0 Å². The molecule has 1 N–H and O–H groups in total. The number of nitrogens with one attached hydrogen (secondary N) is 1. The highest BCUT2D eigenvalue weighted by molar-refractivity contribution is 7.92. The maximum Gasteiger partial charge on any atom is 0.244 e. The molecule has 1 unspecified atom stereocenters. The molecule has 2 aromatic rings. The lowest BCUT2D eigenvalue weighted by Crippen LogP contribution is -2.49. The lowest BCUT2D eigenvalue weighted by atomic mass is 10.1. The third kappa shape index (κ3) is 6.12. The van der Waals surface area contributed by atoms with Gasteiger partial charge in [0.25, 0.3) is 0 Å². The number of sulfonamides is 1. The molecule has 0 saturated carbocycles. The molecule has 164 valence electrons. The van der Waals surface area contributed by atoms with Crippen molar-refractivity contribution >= 4 is 38.9 Å². The van der Waals surface area contributed by atoms with Gasteiger partial charge in [-0.3, -0.25) is 9.10 Å². The van der Waals surface area contributed by atoms with Gasteiger partial charge in [-0.1, -0.05) is 36.7 Å². The zero-order chi connectivity index (χ0) is 22.3. The Bertz CT molecular complexity index is 944. The highest BCUT2D eigenvalue weighted by Gasteiger charge is 2.31. The monoisotopic (exact) mass is 451 g/mol. The Morgan fingerprint density at radius 2 is 1.67 bits per heavy atom. The van der Waals surface area contributed by atoms with Crippen LogP contribution in [0.1, 0.15) is 32.8 Å². The van der Waals surface area contributed by atoms with Gasteiger partial charge < -0.3 is 10.2 Å². The molecule has 30 heavy (non-hydrogen) atoms. The molecule has 2 rings (SSSR count). The molecule has 0 bridgehead atoms. The Hall–Kier alpha value is -2.25. The summed E-state index contributed by atoms with van der Waals surface area (Å²) in [6, 6.07) is 13.6. The van der Waals surface area contributed by atoms with E-state index in [-0.39, 0.29) is 5.91 Å². The minimum absolute atomic E-state index is 0.320. The molecule has 1 atom stereocenters. The Kier molecular flexibility index (Phi) is 8.55. The third-order valence-corrected chi connectivity index (χ3v) is 6.34. The van der Waals surface area contributed by atoms with Gasteiger partial charge >= 0.3 is 0 Å². The normalized spacial score (nSPS) is 12.3. The third-order valence-electron chi connectivity index (χ3n) is 4.92. The Morgan fingerprint density at radius 3 is 2.17 bits per heavy atom. The standard InChI is InChI=1S/C22H30ClN3O3S/c1-5-21(26(30(4,28)29)20-10-8-9-18(23)15-20)22(27)24-16-17-11-13-19(14-12-17)25(6-2)7-3/h8-15,21H,5-7,16H2,1-4H3,(H,24,27). The van der Waals surface area contributed by atoms with Crippen molar-refractivity contribution in [1.82, 2.24) is 5.32 Å². The van der Waals surface area contributed by atoms with Crippen LogP contribution in [0, 0.1) is 0 Å². The molecule has 8 heteroatoms. The predicted molar refractivity (Wildman–Crippen MR) is 125 cm³/mol. The fourth-order valence-corrected chi connectivity index (χ4v) is 4.78. The van der Waals surface area contributed by atoms with Crippen molar-refractivity contribution in [3.63, 3.8) is 0 Å². The van der Waals surface area contributed by atoms with Crippen molar-refractivity contribution in [2.24, 2.45) is 0 Å². The van der Waals surface area contributed by atoms with Crippen molar-refractivity contribution in [2.75, 3.05) is 28.6 Å². The molecule has 0 fully saturated rings. The molecular weight excluding hydrogens is 422 g/mol. The quantitative estimate of drug-likeness (QED) is 0.591. The second kappa shape index (κ2) is 10.7. The van der Waals surface area contributed by atoms with E-state index in [1.165, 1.54) is 0 Å². The molecule has 2 aromatic carbocycles. The molecule has 0 aliphatic rings. The van der Waals surface area contributed by atoms with E-state index >= 15 is 0 Å². The maximum atomic E-state index is 12.9. The van der Waals surface area contributed by atoms with Gasteiger partial charge in [0.05, 0.1) is 11.9 Å². The van der Waals surface area contributed by atoms with Crippen molar-refractivity contribution in [3.05, 3.63) is 59.1 Å². The summed E-state index contributed by atoms with van der Waals surface area (Å²) in [4.78, 5) is 15.1. The molecule has 6 nitrogen and oxygen atoms in total. The number of carbonyl (C=O) groups excluding carboxylic acids is 1. The van der Waals surface area contributed by atoms with E-state index in [4.69, 9.17) is 11.6 Å². The van der Waals surface area contributed by atoms with Crippen LogP contribution in [-0.4, -0.2) is 39.7 Å². The summed E-state index contributed by atoms with van der Waals surface area (Å²) in [5, 5.41) is 3.28. The van der Waals surface area contributed by atoms with E-state index in [0.29, 0.717) is 23.7 Å². The van der Waals surface area contributed by atoms with E-state index < -0.39 is 16.1 Å². The number of rotatable bonds is 10. The SMILES string of the molecule is CCC(C(=O)NCc1ccc(N(CC)CC)cc1)N(c1cccc(Cl)c1)S(C)(=O)=O. The maximum absolute atomic E-state index is 12.9. The summed E-state index contributed by atoms with van der Waals surface area (Å²) >= 11 is 6.04. The molecule has 0 aromatic heterocycles. The average Bonchev–Trinajstić information content (AvgIpc) is 2.71. The van der Waals surface area contributed by atoms with E-state index in [1.807, 2.05) is 24.3 Å². The lowest BCUT2D eigenvalue weighted by molar-refractivity contribution is -0.122. The summed E-state index contributed by atoms with van der Waals surface area (Å²) in [7, 11) is -3.69. The smallest absolute Gasteiger partial charge is 0.244 e. The molecule has 0 saturated heterocycles. The Labute approximate surface area is 184 Å². The van der Waals surface area contributed by atoms with E-state index in [9.17, 15) is 13.2 Å². The van der Waals surface area contributed by atoms with Crippen LogP contribution in [0.5, 0.6) is 0 Å². The van der Waals surface area contributed by atoms with Gasteiger partial charge in [-0.05, 0) is 56.2 Å². The second-order valence-corrected chi connectivity index (χ2v) is 9.32. The van der Waals surface area contributed by atoms with Crippen LogP contribution < -0.4 is 14.5 Å². The van der Waals surface area contributed by atoms with E-state index in [1.54, 1.807) is 31.2 Å². The minimum Gasteiger partial charge on any atom is -0.372 e. The van der Waals surface area contributed by atoms with E-state index in [0.717, 1.165) is 34.9 Å². The van der Waals surface area contributed by atoms with Crippen molar-refractivity contribution < 1.29 is 13.2 Å². The molecule has 0 aliphatic heterocycles. The average molecular weight is 452 g/mol. The lowest BCUT2D eigenvalue weighted by Gasteiger charge is -2.30. The van der Waals surface area contributed by atoms with Gasteiger partial charge in [0.2, 0.25) is 15.9 Å². The first-order chi connectivity index (χ1) is 14.2. The number of anilines is 2. The van der Waals surface area contributed by atoms with Gasteiger partial charge in [0, 0.05) is 30.3 Å². The van der Waals surface area contributed by atoms with Crippen LogP contribution >= 0.6 is 11.6 Å². The first-order valence-corrected chi connectivity index (χ1v) is 12.3. The fourth-order valence-electron chi connectivity index (χ4n) is 3.39. The van der Waals surface area contributed by atoms with Crippen molar-refractivity contribution in [2.45, 2.75) is 39.8 Å². The first-order valence-electron chi connectivity index (χ1n) is 10.1. The van der Waals surface area contributed by atoms with Crippen LogP contribution in [0.15, 0.2) is 48.5 Å². The Balaban J connectivity index is 2.16. The van der Waals surface area contributed by atoms with Gasteiger partial charge in [0.15, 0.2) is 0 Å².